The summed E-state index contributed by atoms with van der Waals surface area (Å²) < 4.78 is 54.2. The molecule has 12 nitrogen and oxygen atoms in total. The van der Waals surface area contributed by atoms with E-state index in [1.807, 2.05) is 18.2 Å². The van der Waals surface area contributed by atoms with E-state index in [1.165, 1.54) is 0 Å². The lowest BCUT2D eigenvalue weighted by atomic mass is 10.3. The smallest absolute Gasteiger partial charge is 0.333 e. The summed E-state index contributed by atoms with van der Waals surface area (Å²) in [6.07, 6.45) is -0.770. The molecule has 0 aliphatic heterocycles. The van der Waals surface area contributed by atoms with Crippen LogP contribution in [0.25, 0.3) is 0 Å². The van der Waals surface area contributed by atoms with Crippen LogP contribution in [0, 0.1) is 0 Å². The predicted octanol–water partition coefficient (Wildman–Crippen LogP) is 1.64. The Morgan fingerprint density at radius 3 is 1.48 bits per heavy atom. The van der Waals surface area contributed by atoms with E-state index in [-0.39, 0.29) is 19.8 Å². The maximum absolute atomic E-state index is 11.7. The molecule has 0 amide bonds. The summed E-state index contributed by atoms with van der Waals surface area (Å²) in [5.41, 5.74) is 0.304. The molecule has 0 aliphatic carbocycles. The van der Waals surface area contributed by atoms with E-state index < -0.39 is 12.3 Å². The van der Waals surface area contributed by atoms with Crippen LogP contribution in [0.15, 0.2) is 42.5 Å². The number of esters is 1. The van der Waals surface area contributed by atoms with E-state index in [2.05, 4.69) is 6.58 Å². The first-order valence-corrected chi connectivity index (χ1v) is 13.4. The Kier molecular flexibility index (Phi) is 24.3. The zero-order valence-corrected chi connectivity index (χ0v) is 23.6. The molecule has 0 radical (unpaired) electrons. The number of hydrogen-bond acceptors (Lipinski definition) is 12. The van der Waals surface area contributed by atoms with Crippen LogP contribution in [0.2, 0.25) is 0 Å². The van der Waals surface area contributed by atoms with Gasteiger partial charge in [-0.25, -0.2) is 4.79 Å². The highest BCUT2D eigenvalue weighted by molar-refractivity contribution is 5.86. The van der Waals surface area contributed by atoms with Crippen LogP contribution in [-0.2, 0) is 47.4 Å². The summed E-state index contributed by atoms with van der Waals surface area (Å²) in [6.45, 7) is 11.6. The Bertz CT molecular complexity index is 719. The fourth-order valence-corrected chi connectivity index (χ4v) is 2.76. The van der Waals surface area contributed by atoms with Gasteiger partial charge in [-0.3, -0.25) is 0 Å². The first kappa shape index (κ1) is 35.9. The lowest BCUT2D eigenvalue weighted by Gasteiger charge is -2.19. The normalized spacial score (nSPS) is 11.8. The average Bonchev–Trinajstić information content (AvgIpc) is 2.96. The van der Waals surface area contributed by atoms with Crippen LogP contribution in [0.5, 0.6) is 5.75 Å². The minimum absolute atomic E-state index is 0.0177. The molecule has 1 unspecified atom stereocenters. The fraction of sp³-hybridized carbons (Fsp3) is 0.679. The number of rotatable bonds is 29. The first-order valence-electron chi connectivity index (χ1n) is 13.4. The van der Waals surface area contributed by atoms with Crippen LogP contribution in [0.1, 0.15) is 6.92 Å². The number of ether oxygens (including phenoxy) is 10. The highest BCUT2D eigenvalue weighted by atomic mass is 16.7. The van der Waals surface area contributed by atoms with Crippen LogP contribution < -0.4 is 4.74 Å². The van der Waals surface area contributed by atoms with Crippen LogP contribution >= 0.6 is 0 Å². The molecule has 40 heavy (non-hydrogen) atoms. The zero-order chi connectivity index (χ0) is 28.9. The van der Waals surface area contributed by atoms with Gasteiger partial charge >= 0.3 is 5.97 Å². The van der Waals surface area contributed by atoms with E-state index in [0.717, 1.165) is 0 Å². The molecule has 1 atom stereocenters. The molecule has 12 heteroatoms. The van der Waals surface area contributed by atoms with Crippen molar-refractivity contribution in [3.63, 3.8) is 0 Å². The molecule has 1 N–H and O–H groups in total. The summed E-state index contributed by atoms with van der Waals surface area (Å²) >= 11 is 0. The van der Waals surface area contributed by atoms with Gasteiger partial charge in [0.2, 0.25) is 6.29 Å². The Hall–Kier alpha value is -2.13. The molecular weight excluding hydrogens is 528 g/mol. The topological polar surface area (TPSA) is 130 Å². The van der Waals surface area contributed by atoms with Gasteiger partial charge < -0.3 is 52.5 Å². The Labute approximate surface area is 237 Å². The first-order chi connectivity index (χ1) is 19.6. The van der Waals surface area contributed by atoms with Crippen molar-refractivity contribution in [2.45, 2.75) is 13.2 Å². The van der Waals surface area contributed by atoms with Crippen molar-refractivity contribution >= 4 is 5.97 Å². The number of aliphatic hydroxyl groups is 1. The van der Waals surface area contributed by atoms with Crippen molar-refractivity contribution in [3.05, 3.63) is 42.5 Å². The van der Waals surface area contributed by atoms with Crippen LogP contribution in [0.4, 0.5) is 0 Å². The maximum atomic E-state index is 11.7. The van der Waals surface area contributed by atoms with Gasteiger partial charge in [0.1, 0.15) is 5.75 Å². The second-order valence-corrected chi connectivity index (χ2v) is 8.12. The summed E-state index contributed by atoms with van der Waals surface area (Å²) in [6, 6.07) is 9.14. The largest absolute Gasteiger partial charge is 0.461 e. The molecule has 0 aromatic heterocycles. The maximum Gasteiger partial charge on any atom is 0.333 e. The molecule has 0 heterocycles. The average molecular weight is 575 g/mol. The monoisotopic (exact) mass is 574 g/mol. The molecule has 0 saturated heterocycles. The summed E-state index contributed by atoms with van der Waals surface area (Å²) in [5, 5.41) is 8.57. The van der Waals surface area contributed by atoms with Crippen molar-refractivity contribution in [1.82, 2.24) is 0 Å². The van der Waals surface area contributed by atoms with E-state index in [1.54, 1.807) is 19.1 Å². The van der Waals surface area contributed by atoms with Gasteiger partial charge in [-0.05, 0) is 19.1 Å². The number of carbonyl (C=O) groups excluding carboxylic acids is 1. The highest BCUT2D eigenvalue weighted by Crippen LogP contribution is 2.12. The van der Waals surface area contributed by atoms with Gasteiger partial charge in [0.15, 0.2) is 6.61 Å². The minimum atomic E-state index is -0.770. The third-order valence-electron chi connectivity index (χ3n) is 4.71. The third-order valence-corrected chi connectivity index (χ3v) is 4.71. The van der Waals surface area contributed by atoms with Gasteiger partial charge in [-0.2, -0.15) is 0 Å². The fourth-order valence-electron chi connectivity index (χ4n) is 2.76. The van der Waals surface area contributed by atoms with Gasteiger partial charge in [0.25, 0.3) is 0 Å². The van der Waals surface area contributed by atoms with Crippen molar-refractivity contribution in [2.75, 3.05) is 112 Å². The van der Waals surface area contributed by atoms with Crippen molar-refractivity contribution in [1.29, 1.82) is 0 Å². The van der Waals surface area contributed by atoms with Gasteiger partial charge in [0.05, 0.1) is 106 Å². The number of para-hydroxylation sites is 1. The van der Waals surface area contributed by atoms with Crippen molar-refractivity contribution < 1.29 is 57.3 Å². The highest BCUT2D eigenvalue weighted by Gasteiger charge is 2.15. The lowest BCUT2D eigenvalue weighted by Crippen LogP contribution is -2.29. The second-order valence-electron chi connectivity index (χ2n) is 8.12. The van der Waals surface area contributed by atoms with Gasteiger partial charge in [-0.1, -0.05) is 24.8 Å². The molecule has 230 valence electrons. The third kappa shape index (κ3) is 22.7. The molecule has 1 aromatic rings. The molecule has 0 saturated carbocycles. The summed E-state index contributed by atoms with van der Waals surface area (Å²) in [7, 11) is 0. The quantitative estimate of drug-likeness (QED) is 0.0646. The van der Waals surface area contributed by atoms with E-state index in [9.17, 15) is 4.79 Å². The zero-order valence-electron chi connectivity index (χ0n) is 23.6. The van der Waals surface area contributed by atoms with E-state index in [0.29, 0.717) is 104 Å². The van der Waals surface area contributed by atoms with Crippen LogP contribution in [0.3, 0.4) is 0 Å². The van der Waals surface area contributed by atoms with Crippen molar-refractivity contribution in [2.24, 2.45) is 0 Å². The molecule has 1 aromatic carbocycles. The molecular formula is C28H46O12. The SMILES string of the molecule is C=C(C)C(=O)OCC(OCCOCCOCCOCCOCCOCCOCCOCCO)Oc1ccccc1. The van der Waals surface area contributed by atoms with Gasteiger partial charge in [0, 0.05) is 5.57 Å². The second kappa shape index (κ2) is 27.1. The Morgan fingerprint density at radius 2 is 1.07 bits per heavy atom. The molecule has 0 aliphatic rings. The van der Waals surface area contributed by atoms with Gasteiger partial charge in [-0.15, -0.1) is 0 Å². The molecule has 0 spiro atoms. The number of carbonyl (C=O) groups is 1. The van der Waals surface area contributed by atoms with Crippen molar-refractivity contribution in [3.8, 4) is 5.75 Å². The molecule has 1 rings (SSSR count). The van der Waals surface area contributed by atoms with E-state index in [4.69, 9.17) is 52.5 Å². The number of benzene rings is 1. The number of hydrogen-bond donors (Lipinski definition) is 1. The summed E-state index contributed by atoms with van der Waals surface area (Å²) in [5.74, 6) is 0.100. The Morgan fingerprint density at radius 1 is 0.675 bits per heavy atom. The molecule has 0 bridgehead atoms. The van der Waals surface area contributed by atoms with E-state index >= 15 is 0 Å². The predicted molar refractivity (Wildman–Crippen MR) is 145 cm³/mol. The van der Waals surface area contributed by atoms with Crippen LogP contribution in [-0.4, -0.2) is 130 Å². The molecule has 0 fully saturated rings. The minimum Gasteiger partial charge on any atom is -0.461 e. The standard InChI is InChI=1S/C28H46O12/c1-25(2)28(30)39-24-27(40-26-6-4-3-5-7-26)38-23-22-37-21-20-36-19-18-35-17-16-34-15-14-33-13-12-32-11-10-31-9-8-29/h3-7,27,29H,1,8-24H2,2H3. The Balaban J connectivity index is 1.89. The lowest BCUT2D eigenvalue weighted by molar-refractivity contribution is -0.159. The number of aliphatic hydroxyl groups excluding tert-OH is 1. The summed E-state index contributed by atoms with van der Waals surface area (Å²) in [4.78, 5) is 11.7.